The van der Waals surface area contributed by atoms with E-state index in [1.54, 1.807) is 6.92 Å². The number of imidazole rings is 1. The first kappa shape index (κ1) is 15.0. The van der Waals surface area contributed by atoms with Gasteiger partial charge in [-0.2, -0.15) is 13.2 Å². The lowest BCUT2D eigenvalue weighted by molar-refractivity contribution is -0.140. The average molecular weight is 314 g/mol. The minimum atomic E-state index is -4.57. The minimum absolute atomic E-state index is 0.0326. The third kappa shape index (κ3) is 2.39. The van der Waals surface area contributed by atoms with E-state index in [2.05, 4.69) is 4.98 Å². The maximum absolute atomic E-state index is 14.3. The van der Waals surface area contributed by atoms with E-state index in [4.69, 9.17) is 0 Å². The number of rotatable bonds is 2. The second-order valence-corrected chi connectivity index (χ2v) is 5.32. The minimum Gasteiger partial charge on any atom is -0.388 e. The Kier molecular flexibility index (Phi) is 3.47. The number of nitrogens with zero attached hydrogens (tertiary/aromatic N) is 2. The molecule has 1 unspecified atom stereocenters. The fourth-order valence-electron chi connectivity index (χ4n) is 2.79. The Bertz CT molecular complexity index is 721. The SMILES string of the molecule is CCn1cc(C(F)(F)F)nc1-c1cc2c(cc1F)C(O)CC2. The predicted octanol–water partition coefficient (Wildman–Crippen LogP) is 3.71. The van der Waals surface area contributed by atoms with Crippen LogP contribution in [0.5, 0.6) is 0 Å². The van der Waals surface area contributed by atoms with Gasteiger partial charge >= 0.3 is 6.18 Å². The molecule has 2 aromatic rings. The molecule has 1 aliphatic carbocycles. The second kappa shape index (κ2) is 5.08. The first-order chi connectivity index (χ1) is 10.3. The highest BCUT2D eigenvalue weighted by Crippen LogP contribution is 2.37. The molecule has 1 heterocycles. The lowest BCUT2D eigenvalue weighted by atomic mass is 10.0. The summed E-state index contributed by atoms with van der Waals surface area (Å²) in [5, 5.41) is 9.74. The van der Waals surface area contributed by atoms with Gasteiger partial charge in [0.1, 0.15) is 11.6 Å². The normalized spacial score (nSPS) is 17.8. The van der Waals surface area contributed by atoms with Gasteiger partial charge in [-0.15, -0.1) is 0 Å². The van der Waals surface area contributed by atoms with Gasteiger partial charge in [-0.3, -0.25) is 0 Å². The Hall–Kier alpha value is -1.89. The zero-order chi connectivity index (χ0) is 16.1. The van der Waals surface area contributed by atoms with Crippen LogP contribution >= 0.6 is 0 Å². The molecule has 0 saturated carbocycles. The zero-order valence-corrected chi connectivity index (χ0v) is 11.8. The number of aryl methyl sites for hydroxylation is 2. The second-order valence-electron chi connectivity index (χ2n) is 5.32. The summed E-state index contributed by atoms with van der Waals surface area (Å²) in [7, 11) is 0. The number of halogens is 4. The summed E-state index contributed by atoms with van der Waals surface area (Å²) in [6, 6.07) is 2.69. The van der Waals surface area contributed by atoms with Crippen LogP contribution < -0.4 is 0 Å². The number of aromatic nitrogens is 2. The van der Waals surface area contributed by atoms with Gasteiger partial charge in [-0.1, -0.05) is 0 Å². The number of aliphatic hydroxyl groups is 1. The van der Waals surface area contributed by atoms with Crippen LogP contribution in [0.2, 0.25) is 0 Å². The molecule has 0 amide bonds. The van der Waals surface area contributed by atoms with Crippen molar-refractivity contribution in [2.24, 2.45) is 0 Å². The molecule has 22 heavy (non-hydrogen) atoms. The highest BCUT2D eigenvalue weighted by atomic mass is 19.4. The Morgan fingerprint density at radius 1 is 1.36 bits per heavy atom. The van der Waals surface area contributed by atoms with Gasteiger partial charge in [0.15, 0.2) is 5.69 Å². The molecule has 1 aliphatic rings. The summed E-state index contributed by atoms with van der Waals surface area (Å²) >= 11 is 0. The maximum atomic E-state index is 14.3. The van der Waals surface area contributed by atoms with Crippen LogP contribution in [-0.4, -0.2) is 14.7 Å². The molecule has 7 heteroatoms. The number of hydrogen-bond donors (Lipinski definition) is 1. The Morgan fingerprint density at radius 2 is 2.09 bits per heavy atom. The van der Waals surface area contributed by atoms with Crippen molar-refractivity contribution in [2.75, 3.05) is 0 Å². The molecular formula is C15H14F4N2O. The Morgan fingerprint density at radius 3 is 2.73 bits per heavy atom. The van der Waals surface area contributed by atoms with Crippen molar-refractivity contribution in [2.45, 2.75) is 38.6 Å². The smallest absolute Gasteiger partial charge is 0.388 e. The summed E-state index contributed by atoms with van der Waals surface area (Å²) in [5.41, 5.74) is 0.254. The fraction of sp³-hybridized carbons (Fsp3) is 0.400. The highest BCUT2D eigenvalue weighted by Gasteiger charge is 2.35. The molecule has 1 aromatic heterocycles. The number of fused-ring (bicyclic) bond motifs is 1. The number of benzene rings is 1. The molecule has 0 bridgehead atoms. The van der Waals surface area contributed by atoms with Crippen LogP contribution in [0.1, 0.15) is 36.3 Å². The van der Waals surface area contributed by atoms with Gasteiger partial charge in [0, 0.05) is 12.7 Å². The van der Waals surface area contributed by atoms with Gasteiger partial charge in [-0.25, -0.2) is 9.37 Å². The molecule has 118 valence electrons. The van der Waals surface area contributed by atoms with Crippen molar-refractivity contribution < 1.29 is 22.7 Å². The van der Waals surface area contributed by atoms with E-state index >= 15 is 0 Å². The third-order valence-corrected chi connectivity index (χ3v) is 3.92. The summed E-state index contributed by atoms with van der Waals surface area (Å²) < 4.78 is 54.0. The largest absolute Gasteiger partial charge is 0.434 e. The van der Waals surface area contributed by atoms with Crippen LogP contribution in [0.25, 0.3) is 11.4 Å². The molecule has 3 nitrogen and oxygen atoms in total. The van der Waals surface area contributed by atoms with E-state index in [1.807, 2.05) is 0 Å². The number of alkyl halides is 3. The predicted molar refractivity (Wildman–Crippen MR) is 71.6 cm³/mol. The van der Waals surface area contributed by atoms with E-state index < -0.39 is 23.8 Å². The van der Waals surface area contributed by atoms with E-state index in [9.17, 15) is 22.7 Å². The molecule has 3 rings (SSSR count). The lowest BCUT2D eigenvalue weighted by Crippen LogP contribution is -2.05. The highest BCUT2D eigenvalue weighted by molar-refractivity contribution is 5.60. The van der Waals surface area contributed by atoms with Crippen LogP contribution in [0.4, 0.5) is 17.6 Å². The molecule has 0 radical (unpaired) electrons. The van der Waals surface area contributed by atoms with Crippen molar-refractivity contribution in [1.29, 1.82) is 0 Å². The van der Waals surface area contributed by atoms with Crippen LogP contribution in [0, 0.1) is 5.82 Å². The van der Waals surface area contributed by atoms with Gasteiger partial charge in [-0.05, 0) is 43.0 Å². The van der Waals surface area contributed by atoms with Crippen molar-refractivity contribution in [3.63, 3.8) is 0 Å². The first-order valence-corrected chi connectivity index (χ1v) is 6.96. The monoisotopic (exact) mass is 314 g/mol. The quantitative estimate of drug-likeness (QED) is 0.858. The van der Waals surface area contributed by atoms with Crippen molar-refractivity contribution in [3.8, 4) is 11.4 Å². The van der Waals surface area contributed by atoms with Crippen molar-refractivity contribution in [3.05, 3.63) is 41.0 Å². The van der Waals surface area contributed by atoms with E-state index in [0.717, 1.165) is 11.8 Å². The third-order valence-electron chi connectivity index (χ3n) is 3.92. The Labute approximate surface area is 124 Å². The summed E-state index contributed by atoms with van der Waals surface area (Å²) in [6.07, 6.45) is -3.33. The summed E-state index contributed by atoms with van der Waals surface area (Å²) in [5.74, 6) is -0.717. The van der Waals surface area contributed by atoms with Gasteiger partial charge in [0.05, 0.1) is 11.7 Å². The first-order valence-electron chi connectivity index (χ1n) is 6.96. The van der Waals surface area contributed by atoms with Crippen LogP contribution in [0.3, 0.4) is 0 Å². The molecule has 0 fully saturated rings. The van der Waals surface area contributed by atoms with E-state index in [-0.39, 0.29) is 17.9 Å². The average Bonchev–Trinajstić information content (AvgIpc) is 3.02. The molecule has 1 atom stereocenters. The molecule has 1 N–H and O–H groups in total. The number of aliphatic hydroxyl groups excluding tert-OH is 1. The zero-order valence-electron chi connectivity index (χ0n) is 11.8. The summed E-state index contributed by atoms with van der Waals surface area (Å²) in [6.45, 7) is 1.91. The summed E-state index contributed by atoms with van der Waals surface area (Å²) in [4.78, 5) is 3.56. The standard InChI is InChI=1S/C15H14F4N2O/c1-2-21-7-13(15(17,18)19)20-14(21)10-5-8-3-4-12(22)9(8)6-11(10)16/h5-7,12,22H,2-4H2,1H3. The van der Waals surface area contributed by atoms with Gasteiger partial charge in [0.25, 0.3) is 0 Å². The van der Waals surface area contributed by atoms with Crippen molar-refractivity contribution >= 4 is 0 Å². The lowest BCUT2D eigenvalue weighted by Gasteiger charge is -2.09. The molecule has 1 aromatic carbocycles. The fourth-order valence-corrected chi connectivity index (χ4v) is 2.79. The van der Waals surface area contributed by atoms with Gasteiger partial charge in [0.2, 0.25) is 0 Å². The van der Waals surface area contributed by atoms with Crippen LogP contribution in [-0.2, 0) is 19.1 Å². The molecule has 0 aliphatic heterocycles. The Balaban J connectivity index is 2.14. The van der Waals surface area contributed by atoms with Gasteiger partial charge < -0.3 is 9.67 Å². The van der Waals surface area contributed by atoms with E-state index in [0.29, 0.717) is 18.4 Å². The topological polar surface area (TPSA) is 38.0 Å². The van der Waals surface area contributed by atoms with E-state index in [1.165, 1.54) is 16.7 Å². The molecule has 0 spiro atoms. The van der Waals surface area contributed by atoms with Crippen molar-refractivity contribution in [1.82, 2.24) is 9.55 Å². The number of hydrogen-bond acceptors (Lipinski definition) is 2. The molecular weight excluding hydrogens is 300 g/mol. The maximum Gasteiger partial charge on any atom is 0.434 e. The molecule has 0 saturated heterocycles. The van der Waals surface area contributed by atoms with Crippen LogP contribution in [0.15, 0.2) is 18.3 Å².